The number of halogens is 1. The first-order valence-corrected chi connectivity index (χ1v) is 17.6. The van der Waals surface area contributed by atoms with Crippen molar-refractivity contribution in [1.82, 2.24) is 35.6 Å². The van der Waals surface area contributed by atoms with Gasteiger partial charge in [0.1, 0.15) is 11.7 Å². The number of nitrogens with one attached hydrogen (secondary N) is 4. The Morgan fingerprint density at radius 3 is 2.19 bits per heavy atom. The summed E-state index contributed by atoms with van der Waals surface area (Å²) in [6, 6.07) is 21.2. The Morgan fingerprint density at radius 1 is 0.885 bits per heavy atom. The van der Waals surface area contributed by atoms with Crippen LogP contribution in [0.15, 0.2) is 77.9 Å². The van der Waals surface area contributed by atoms with Crippen LogP contribution in [-0.4, -0.2) is 58.5 Å². The van der Waals surface area contributed by atoms with E-state index in [0.717, 1.165) is 29.5 Å². The van der Waals surface area contributed by atoms with Gasteiger partial charge in [-0.1, -0.05) is 54.1 Å². The molecule has 2 saturated heterocycles. The smallest absolute Gasteiger partial charge is 0.262 e. The lowest BCUT2D eigenvalue weighted by Gasteiger charge is -2.16. The molecule has 0 aliphatic carbocycles. The zero-order valence-corrected chi connectivity index (χ0v) is 29.3. The summed E-state index contributed by atoms with van der Waals surface area (Å²) in [5, 5.41) is 23.4. The van der Waals surface area contributed by atoms with E-state index in [2.05, 4.69) is 32.3 Å². The van der Waals surface area contributed by atoms with Gasteiger partial charge < -0.3 is 26.0 Å². The Morgan fingerprint density at radius 2 is 1.54 bits per heavy atom. The zero-order chi connectivity index (χ0) is 36.2. The van der Waals surface area contributed by atoms with Gasteiger partial charge in [-0.15, -0.1) is 0 Å². The molecule has 12 nitrogen and oxygen atoms in total. The molecule has 2 aliphatic heterocycles. The van der Waals surface area contributed by atoms with Gasteiger partial charge in [0.05, 0.1) is 23.4 Å². The second-order valence-electron chi connectivity index (χ2n) is 13.0. The number of ether oxygens (including phenoxy) is 1. The molecule has 2 aromatic carbocycles. The van der Waals surface area contributed by atoms with E-state index in [-0.39, 0.29) is 29.5 Å². The molecular formula is C39H37ClN8O4. The average Bonchev–Trinajstić information content (AvgIpc) is 3.78. The fourth-order valence-corrected chi connectivity index (χ4v) is 7.17. The number of carbonyl (C=O) groups excluding carboxylic acids is 2. The summed E-state index contributed by atoms with van der Waals surface area (Å²) < 4.78 is 7.14. The summed E-state index contributed by atoms with van der Waals surface area (Å²) in [4.78, 5) is 45.6. The number of pyridine rings is 2. The molecule has 3 aromatic heterocycles. The molecule has 264 valence electrons. The zero-order valence-electron chi connectivity index (χ0n) is 28.5. The molecule has 0 bridgehead atoms. The summed E-state index contributed by atoms with van der Waals surface area (Å²) >= 11 is 7.11. The van der Waals surface area contributed by atoms with E-state index in [1.807, 2.05) is 60.7 Å². The number of rotatable bonds is 12. The average molecular weight is 717 g/mol. The van der Waals surface area contributed by atoms with Crippen LogP contribution in [-0.2, 0) is 22.7 Å². The molecule has 4 N–H and O–H groups in total. The molecule has 0 unspecified atom stereocenters. The monoisotopic (exact) mass is 716 g/mol. The van der Waals surface area contributed by atoms with Crippen molar-refractivity contribution in [1.29, 1.82) is 5.26 Å². The Labute approximate surface area is 305 Å². The van der Waals surface area contributed by atoms with Crippen LogP contribution in [0.5, 0.6) is 5.88 Å². The fraction of sp³-hybridized carbons (Fsp3) is 0.282. The van der Waals surface area contributed by atoms with Crippen molar-refractivity contribution in [2.45, 2.75) is 50.9 Å². The lowest BCUT2D eigenvalue weighted by Crippen LogP contribution is -2.36. The quantitative estimate of drug-likeness (QED) is 0.147. The third kappa shape index (κ3) is 7.25. The Balaban J connectivity index is 1.12. The van der Waals surface area contributed by atoms with E-state index in [1.54, 1.807) is 19.5 Å². The molecule has 52 heavy (non-hydrogen) atoms. The molecule has 5 heterocycles. The first-order chi connectivity index (χ1) is 25.3. The number of methoxy groups -OCH3 is 1. The van der Waals surface area contributed by atoms with Gasteiger partial charge >= 0.3 is 0 Å². The van der Waals surface area contributed by atoms with Crippen molar-refractivity contribution in [3.05, 3.63) is 105 Å². The van der Waals surface area contributed by atoms with Crippen molar-refractivity contribution < 1.29 is 14.3 Å². The first-order valence-electron chi connectivity index (χ1n) is 17.2. The molecule has 0 radical (unpaired) electrons. The SMILES string of the molecule is COc1nc(-c2cccc(-c3cccc(-c4ccn5c(=O)c(CNC[C@@H]6CCC(=O)N6)cnc5c4)c3Cl)c2C#N)ccc1CNC[C@@H]1CCC(=O)N1. The molecule has 13 heteroatoms. The third-order valence-electron chi connectivity index (χ3n) is 9.55. The van der Waals surface area contributed by atoms with Gasteiger partial charge in [-0.05, 0) is 36.6 Å². The highest BCUT2D eigenvalue weighted by Crippen LogP contribution is 2.40. The van der Waals surface area contributed by atoms with Crippen LogP contribution in [0.1, 0.15) is 42.4 Å². The number of aromatic nitrogens is 3. The molecule has 2 aliphatic rings. The first kappa shape index (κ1) is 34.8. The molecule has 7 rings (SSSR count). The van der Waals surface area contributed by atoms with Crippen LogP contribution < -0.4 is 31.6 Å². The highest BCUT2D eigenvalue weighted by molar-refractivity contribution is 6.36. The van der Waals surface area contributed by atoms with Crippen LogP contribution in [0.3, 0.4) is 0 Å². The molecule has 2 atom stereocenters. The van der Waals surface area contributed by atoms with Crippen LogP contribution in [0, 0.1) is 11.3 Å². The van der Waals surface area contributed by atoms with E-state index in [1.165, 1.54) is 4.40 Å². The van der Waals surface area contributed by atoms with Gasteiger partial charge in [0.25, 0.3) is 5.56 Å². The van der Waals surface area contributed by atoms with E-state index in [4.69, 9.17) is 21.3 Å². The number of benzene rings is 2. The normalized spacial score (nSPS) is 16.9. The Kier molecular flexibility index (Phi) is 10.3. The van der Waals surface area contributed by atoms with Gasteiger partial charge in [-0.3, -0.25) is 18.8 Å². The van der Waals surface area contributed by atoms with E-state index >= 15 is 0 Å². The maximum atomic E-state index is 13.3. The minimum Gasteiger partial charge on any atom is -0.481 e. The minimum absolute atomic E-state index is 0.0537. The summed E-state index contributed by atoms with van der Waals surface area (Å²) in [5.41, 5.74) is 6.14. The van der Waals surface area contributed by atoms with Crippen molar-refractivity contribution in [3.63, 3.8) is 0 Å². The lowest BCUT2D eigenvalue weighted by atomic mass is 9.92. The highest BCUT2D eigenvalue weighted by Gasteiger charge is 2.22. The predicted molar refractivity (Wildman–Crippen MR) is 198 cm³/mol. The number of nitriles is 1. The fourth-order valence-electron chi connectivity index (χ4n) is 6.83. The van der Waals surface area contributed by atoms with E-state index in [0.29, 0.717) is 89.1 Å². The van der Waals surface area contributed by atoms with Crippen molar-refractivity contribution in [3.8, 4) is 45.5 Å². The van der Waals surface area contributed by atoms with Gasteiger partial charge in [-0.2, -0.15) is 5.26 Å². The van der Waals surface area contributed by atoms with E-state index in [9.17, 15) is 19.6 Å². The summed E-state index contributed by atoms with van der Waals surface area (Å²) in [7, 11) is 1.56. The number of amides is 2. The predicted octanol–water partition coefficient (Wildman–Crippen LogP) is 4.36. The largest absolute Gasteiger partial charge is 0.481 e. The van der Waals surface area contributed by atoms with Crippen LogP contribution in [0.4, 0.5) is 0 Å². The van der Waals surface area contributed by atoms with E-state index < -0.39 is 0 Å². The van der Waals surface area contributed by atoms with Crippen LogP contribution in [0.2, 0.25) is 5.02 Å². The van der Waals surface area contributed by atoms with Gasteiger partial charge in [0.2, 0.25) is 17.7 Å². The summed E-state index contributed by atoms with van der Waals surface area (Å²) in [5.74, 6) is 0.579. The maximum Gasteiger partial charge on any atom is 0.262 e. The van der Waals surface area contributed by atoms with Crippen molar-refractivity contribution in [2.24, 2.45) is 0 Å². The number of hydrogen-bond acceptors (Lipinski definition) is 9. The highest BCUT2D eigenvalue weighted by atomic mass is 35.5. The van der Waals surface area contributed by atoms with Crippen LogP contribution >= 0.6 is 11.6 Å². The standard InChI is InChI=1S/C39H37ClN8O4/c1-52-38-24(18-42-21-26-9-12-35(49)45-26)8-11-33(47-38)30-6-3-5-29(32(30)17-41)31-7-2-4-28(37(31)40)23-14-15-48-34(16-23)44-20-25(39(48)51)19-43-22-27-10-13-36(50)46-27/h2-8,11,14-16,20,26-27,42-43H,9-10,12-13,18-19,21-22H2,1H3,(H,45,49)(H,46,50)/t26-,27-/m0/s1. The molecule has 0 spiro atoms. The Bertz CT molecular complexity index is 2280. The molecular weight excluding hydrogens is 680 g/mol. The van der Waals surface area contributed by atoms with Gasteiger partial charge in [0.15, 0.2) is 0 Å². The molecule has 5 aromatic rings. The second kappa shape index (κ2) is 15.3. The Hall–Kier alpha value is -5.61. The maximum absolute atomic E-state index is 13.3. The lowest BCUT2D eigenvalue weighted by molar-refractivity contribution is -0.120. The number of nitrogens with zero attached hydrogens (tertiary/aromatic N) is 4. The van der Waals surface area contributed by atoms with Crippen molar-refractivity contribution in [2.75, 3.05) is 20.2 Å². The van der Waals surface area contributed by atoms with Crippen molar-refractivity contribution >= 4 is 29.1 Å². The molecule has 0 saturated carbocycles. The number of hydrogen-bond donors (Lipinski definition) is 4. The topological polar surface area (TPSA) is 163 Å². The minimum atomic E-state index is -0.177. The molecule has 2 amide bonds. The number of carbonyl (C=O) groups is 2. The van der Waals surface area contributed by atoms with Gasteiger partial charge in [-0.25, -0.2) is 9.97 Å². The molecule has 2 fully saturated rings. The third-order valence-corrected chi connectivity index (χ3v) is 9.95. The van der Waals surface area contributed by atoms with Crippen LogP contribution in [0.25, 0.3) is 39.2 Å². The van der Waals surface area contributed by atoms with Gasteiger partial charge in [0, 0.05) is 96.9 Å². The second-order valence-corrected chi connectivity index (χ2v) is 13.4. The summed E-state index contributed by atoms with van der Waals surface area (Å²) in [6.45, 7) is 2.07. The summed E-state index contributed by atoms with van der Waals surface area (Å²) in [6.07, 6.45) is 5.94. The number of fused-ring (bicyclic) bond motifs is 1.